The number of aliphatic hydroxyl groups is 2. The number of aliphatic hydroxyl groups excluding tert-OH is 2. The predicted octanol–water partition coefficient (Wildman–Crippen LogP) is 0.614. The molecule has 0 saturated carbocycles. The van der Waals surface area contributed by atoms with Crippen molar-refractivity contribution in [2.45, 2.75) is 36.4 Å². The van der Waals surface area contributed by atoms with E-state index < -0.39 is 41.3 Å². The Hall–Kier alpha value is -2.18. The third kappa shape index (κ3) is 3.52. The zero-order chi connectivity index (χ0) is 18.9. The largest absolute Gasteiger partial charge is 0.387 e. The van der Waals surface area contributed by atoms with Crippen LogP contribution in [-0.4, -0.2) is 53.1 Å². The number of hydrogen-bond donors (Lipinski definition) is 2. The number of benzene rings is 1. The van der Waals surface area contributed by atoms with E-state index in [4.69, 9.17) is 8.92 Å². The Morgan fingerprint density at radius 1 is 1.27 bits per heavy atom. The molecule has 1 saturated heterocycles. The average Bonchev–Trinajstić information content (AvgIpc) is 3.19. The monoisotopic (exact) mass is 383 g/mol. The van der Waals surface area contributed by atoms with E-state index in [-0.39, 0.29) is 10.7 Å². The van der Waals surface area contributed by atoms with Crippen LogP contribution < -0.4 is 0 Å². The second-order valence-corrected chi connectivity index (χ2v) is 7.46. The van der Waals surface area contributed by atoms with Crippen molar-refractivity contribution in [2.75, 3.05) is 6.61 Å². The Kier molecular flexibility index (Phi) is 5.16. The molecule has 26 heavy (non-hydrogen) atoms. The maximum absolute atomic E-state index is 12.2. The first kappa shape index (κ1) is 18.6. The molecule has 140 valence electrons. The van der Waals surface area contributed by atoms with Crippen molar-refractivity contribution in [3.8, 4) is 0 Å². The molecule has 1 aliphatic rings. The number of nitroso groups, excluding NO2 is 1. The third-order valence-corrected chi connectivity index (χ3v) is 5.34. The van der Waals surface area contributed by atoms with Crippen LogP contribution in [0.5, 0.6) is 0 Å². The molecule has 10 nitrogen and oxygen atoms in total. The third-order valence-electron chi connectivity index (χ3n) is 4.05. The summed E-state index contributed by atoms with van der Waals surface area (Å²) < 4.78 is 36.0. The summed E-state index contributed by atoms with van der Waals surface area (Å²) in [5, 5.41) is 23.0. The normalized spacial score (nSPS) is 26.1. The van der Waals surface area contributed by atoms with E-state index in [1.54, 1.807) is 12.1 Å². The maximum atomic E-state index is 12.2. The smallest absolute Gasteiger partial charge is 0.297 e. The van der Waals surface area contributed by atoms with Crippen LogP contribution >= 0.6 is 0 Å². The Balaban J connectivity index is 1.70. The Morgan fingerprint density at radius 3 is 2.62 bits per heavy atom. The lowest BCUT2D eigenvalue weighted by Crippen LogP contribution is -2.34. The zero-order valence-electron chi connectivity index (χ0n) is 13.7. The fourth-order valence-electron chi connectivity index (χ4n) is 2.59. The molecule has 2 aromatic rings. The van der Waals surface area contributed by atoms with E-state index in [9.17, 15) is 23.5 Å². The van der Waals surface area contributed by atoms with E-state index in [1.165, 1.54) is 24.7 Å². The molecule has 4 atom stereocenters. The first-order chi connectivity index (χ1) is 12.3. The number of nitrogens with zero attached hydrogens (tertiary/aromatic N) is 3. The van der Waals surface area contributed by atoms with Gasteiger partial charge in [0.15, 0.2) is 12.0 Å². The molecule has 0 bridgehead atoms. The second kappa shape index (κ2) is 7.21. The Morgan fingerprint density at radius 2 is 1.96 bits per heavy atom. The van der Waals surface area contributed by atoms with Crippen LogP contribution in [0.1, 0.15) is 11.8 Å². The lowest BCUT2D eigenvalue weighted by atomic mass is 10.1. The van der Waals surface area contributed by atoms with Gasteiger partial charge in [-0.25, -0.2) is 4.98 Å². The summed E-state index contributed by atoms with van der Waals surface area (Å²) >= 11 is 0. The van der Waals surface area contributed by atoms with Crippen molar-refractivity contribution >= 4 is 15.9 Å². The van der Waals surface area contributed by atoms with E-state index >= 15 is 0 Å². The minimum Gasteiger partial charge on any atom is -0.387 e. The number of rotatable bonds is 6. The highest BCUT2D eigenvalue weighted by Gasteiger charge is 2.45. The molecular weight excluding hydrogens is 366 g/mol. The first-order valence-corrected chi connectivity index (χ1v) is 9.07. The topological polar surface area (TPSA) is 140 Å². The zero-order valence-corrected chi connectivity index (χ0v) is 14.5. The summed E-state index contributed by atoms with van der Waals surface area (Å²) in [5.41, 5.74) is 0.893. The highest BCUT2D eigenvalue weighted by molar-refractivity contribution is 7.86. The van der Waals surface area contributed by atoms with Gasteiger partial charge in [0, 0.05) is 0 Å². The summed E-state index contributed by atoms with van der Waals surface area (Å²) in [6, 6.07) is 6.07. The van der Waals surface area contributed by atoms with Crippen LogP contribution in [-0.2, 0) is 19.0 Å². The van der Waals surface area contributed by atoms with Crippen LogP contribution in [0, 0.1) is 11.8 Å². The molecule has 1 aromatic carbocycles. The second-order valence-electron chi connectivity index (χ2n) is 5.85. The number of ether oxygens (including phenoxy) is 1. The summed E-state index contributed by atoms with van der Waals surface area (Å²) in [4.78, 5) is 14.4. The Bertz CT molecular complexity index is 881. The quantitative estimate of drug-likeness (QED) is 0.546. The molecule has 4 unspecified atom stereocenters. The molecule has 1 fully saturated rings. The summed E-state index contributed by atoms with van der Waals surface area (Å²) in [5.74, 6) is -0.102. The molecule has 0 spiro atoms. The highest BCUT2D eigenvalue weighted by Crippen LogP contribution is 2.32. The lowest BCUT2D eigenvalue weighted by Gasteiger charge is -2.16. The lowest BCUT2D eigenvalue weighted by molar-refractivity contribution is -0.0476. The molecule has 0 amide bonds. The van der Waals surface area contributed by atoms with Gasteiger partial charge in [0.1, 0.15) is 18.3 Å². The molecule has 2 heterocycles. The molecular formula is C15H17N3O7S. The standard InChI is InChI=1S/C15H17N3O7S/c1-9-2-4-10(5-3-9)26(22,23)24-7-11-13(19)14(20)15(25-11)18-8-16-6-12(18)17-21/h2-6,8,11,13-15,19-20H,7H2,1H3. The first-order valence-electron chi connectivity index (χ1n) is 7.66. The van der Waals surface area contributed by atoms with Crippen LogP contribution in [0.3, 0.4) is 0 Å². The van der Waals surface area contributed by atoms with Crippen molar-refractivity contribution < 1.29 is 27.6 Å². The van der Waals surface area contributed by atoms with Crippen LogP contribution in [0.4, 0.5) is 5.82 Å². The van der Waals surface area contributed by atoms with E-state index in [0.29, 0.717) is 0 Å². The number of hydrogen-bond acceptors (Lipinski definition) is 9. The van der Waals surface area contributed by atoms with Gasteiger partial charge in [-0.2, -0.15) is 8.42 Å². The number of aromatic nitrogens is 2. The fraction of sp³-hybridized carbons (Fsp3) is 0.400. The van der Waals surface area contributed by atoms with Crippen LogP contribution in [0.2, 0.25) is 0 Å². The number of aryl methyl sites for hydroxylation is 1. The van der Waals surface area contributed by atoms with Gasteiger partial charge in [-0.3, -0.25) is 8.75 Å². The van der Waals surface area contributed by atoms with Gasteiger partial charge in [0.25, 0.3) is 10.1 Å². The number of imidazole rings is 1. The molecule has 3 rings (SSSR count). The predicted molar refractivity (Wildman–Crippen MR) is 87.9 cm³/mol. The molecule has 0 aliphatic carbocycles. The minimum absolute atomic E-state index is 0.0327. The van der Waals surface area contributed by atoms with Gasteiger partial charge in [-0.15, -0.1) is 4.91 Å². The van der Waals surface area contributed by atoms with Crippen LogP contribution in [0.25, 0.3) is 0 Å². The SMILES string of the molecule is Cc1ccc(S(=O)(=O)OCC2OC(n3cncc3N=O)C(O)C2O)cc1. The maximum Gasteiger partial charge on any atom is 0.297 e. The summed E-state index contributed by atoms with van der Waals surface area (Å²) in [6.45, 7) is 1.31. The van der Waals surface area contributed by atoms with Crippen molar-refractivity contribution in [1.82, 2.24) is 9.55 Å². The summed E-state index contributed by atoms with van der Waals surface area (Å²) in [7, 11) is -4.05. The van der Waals surface area contributed by atoms with E-state index in [0.717, 1.165) is 10.1 Å². The minimum atomic E-state index is -4.05. The van der Waals surface area contributed by atoms with Gasteiger partial charge < -0.3 is 14.9 Å². The van der Waals surface area contributed by atoms with Crippen molar-refractivity contribution in [3.63, 3.8) is 0 Å². The van der Waals surface area contributed by atoms with E-state index in [1.807, 2.05) is 6.92 Å². The molecule has 11 heteroatoms. The van der Waals surface area contributed by atoms with Crippen molar-refractivity contribution in [3.05, 3.63) is 47.3 Å². The molecule has 0 radical (unpaired) electrons. The van der Waals surface area contributed by atoms with Gasteiger partial charge in [0.2, 0.25) is 0 Å². The van der Waals surface area contributed by atoms with Gasteiger partial charge in [0.05, 0.1) is 24.0 Å². The molecule has 1 aromatic heterocycles. The fourth-order valence-corrected chi connectivity index (χ4v) is 3.51. The summed E-state index contributed by atoms with van der Waals surface area (Å²) in [6.07, 6.45) is -2.73. The van der Waals surface area contributed by atoms with Crippen LogP contribution in [0.15, 0.2) is 46.9 Å². The van der Waals surface area contributed by atoms with Crippen molar-refractivity contribution in [2.24, 2.45) is 5.18 Å². The van der Waals surface area contributed by atoms with Crippen molar-refractivity contribution in [1.29, 1.82) is 0 Å². The molecule has 2 N–H and O–H groups in total. The molecule has 1 aliphatic heterocycles. The average molecular weight is 383 g/mol. The van der Waals surface area contributed by atoms with E-state index in [2.05, 4.69) is 10.2 Å². The highest BCUT2D eigenvalue weighted by atomic mass is 32.2. The van der Waals surface area contributed by atoms with Gasteiger partial charge in [-0.05, 0) is 24.2 Å². The van der Waals surface area contributed by atoms with Gasteiger partial charge in [-0.1, -0.05) is 17.7 Å². The van der Waals surface area contributed by atoms with Gasteiger partial charge >= 0.3 is 0 Å². The Labute approximate surface area is 149 Å².